The molecule has 2 aliphatic rings. The fourth-order valence-corrected chi connectivity index (χ4v) is 4.71. The number of rotatable bonds is 3. The summed E-state index contributed by atoms with van der Waals surface area (Å²) in [6.45, 7) is 9.48. The third-order valence-electron chi connectivity index (χ3n) is 6.17. The number of carbonyl (C=O) groups excluding carboxylic acids is 2. The van der Waals surface area contributed by atoms with Gasteiger partial charge in [0.25, 0.3) is 5.91 Å². The number of hydrogen-bond acceptors (Lipinski definition) is 3. The number of aryl methyl sites for hydroxylation is 2. The van der Waals surface area contributed by atoms with Crippen LogP contribution in [0.15, 0.2) is 30.3 Å². The van der Waals surface area contributed by atoms with Gasteiger partial charge >= 0.3 is 0 Å². The number of nitrogens with zero attached hydrogens (tertiary/aromatic N) is 3. The van der Waals surface area contributed by atoms with Crippen LogP contribution in [-0.4, -0.2) is 64.9 Å². The fraction of sp³-hybridized carbons (Fsp3) is 0.478. The second-order valence-electron chi connectivity index (χ2n) is 8.27. The molecule has 1 aromatic heterocycles. The predicted molar refractivity (Wildman–Crippen MR) is 113 cm³/mol. The third-order valence-corrected chi connectivity index (χ3v) is 6.17. The van der Waals surface area contributed by atoms with Gasteiger partial charge in [-0.15, -0.1) is 0 Å². The zero-order chi connectivity index (χ0) is 20.5. The molecule has 0 radical (unpaired) electrons. The molecule has 2 aromatic rings. The Morgan fingerprint density at radius 3 is 2.72 bits per heavy atom. The molecule has 2 aliphatic heterocycles. The van der Waals surface area contributed by atoms with Gasteiger partial charge in [0.1, 0.15) is 0 Å². The average Bonchev–Trinajstić information content (AvgIpc) is 3.02. The molecule has 1 N–H and O–H groups in total. The lowest BCUT2D eigenvalue weighted by Gasteiger charge is -2.41. The van der Waals surface area contributed by atoms with Gasteiger partial charge in [0.15, 0.2) is 0 Å². The molecule has 0 spiro atoms. The van der Waals surface area contributed by atoms with E-state index in [1.807, 2.05) is 35.8 Å². The largest absolute Gasteiger partial charge is 0.337 e. The summed E-state index contributed by atoms with van der Waals surface area (Å²) in [6.07, 6.45) is 1.90. The van der Waals surface area contributed by atoms with Crippen LogP contribution < -0.4 is 5.32 Å². The van der Waals surface area contributed by atoms with Crippen LogP contribution in [-0.2, 0) is 4.79 Å². The van der Waals surface area contributed by atoms with Gasteiger partial charge in [0.05, 0.1) is 12.1 Å². The van der Waals surface area contributed by atoms with Crippen molar-refractivity contribution in [2.75, 3.05) is 32.7 Å². The van der Waals surface area contributed by atoms with E-state index in [4.69, 9.17) is 0 Å². The number of amides is 2. The van der Waals surface area contributed by atoms with Crippen molar-refractivity contribution in [2.24, 2.45) is 0 Å². The molecule has 0 bridgehead atoms. The van der Waals surface area contributed by atoms with Crippen molar-refractivity contribution >= 4 is 11.8 Å². The van der Waals surface area contributed by atoms with Gasteiger partial charge < -0.3 is 19.7 Å². The maximum atomic E-state index is 13.4. The zero-order valence-electron chi connectivity index (χ0n) is 17.6. The number of hydrogen-bond donors (Lipinski definition) is 1. The number of likely N-dealkylation sites (tertiary alicyclic amines) is 1. The number of piperazine rings is 1. The van der Waals surface area contributed by atoms with Gasteiger partial charge in [0.2, 0.25) is 5.91 Å². The Kier molecular flexibility index (Phi) is 5.46. The van der Waals surface area contributed by atoms with Crippen LogP contribution in [0.2, 0.25) is 0 Å². The molecule has 6 nitrogen and oxygen atoms in total. The van der Waals surface area contributed by atoms with E-state index in [-0.39, 0.29) is 17.9 Å². The van der Waals surface area contributed by atoms with E-state index in [1.54, 1.807) is 0 Å². The SMILES string of the molecule is Cc1cccc(-n2c(C)cc(C(=O)N3CCCC(N4CCNCC4=O)C3)c2C)c1. The van der Waals surface area contributed by atoms with E-state index in [0.29, 0.717) is 13.1 Å². The van der Waals surface area contributed by atoms with Crippen LogP contribution in [0.5, 0.6) is 0 Å². The Labute approximate surface area is 172 Å². The van der Waals surface area contributed by atoms with Crippen molar-refractivity contribution in [1.29, 1.82) is 0 Å². The standard InChI is InChI=1S/C23H30N4O2/c1-16-6-4-7-19(12-16)27-17(2)13-21(18(27)3)23(29)25-10-5-8-20(15-25)26-11-9-24-14-22(26)28/h4,6-7,12-13,20,24H,5,8-11,14-15H2,1-3H3. The minimum atomic E-state index is 0.0734. The van der Waals surface area contributed by atoms with Crippen LogP contribution in [0.4, 0.5) is 0 Å². The normalized spacial score (nSPS) is 20.2. The number of aromatic nitrogens is 1. The lowest BCUT2D eigenvalue weighted by atomic mass is 10.0. The molecule has 2 amide bonds. The van der Waals surface area contributed by atoms with Crippen molar-refractivity contribution in [1.82, 2.24) is 19.7 Å². The second kappa shape index (κ2) is 8.03. The molecular formula is C23H30N4O2. The van der Waals surface area contributed by atoms with Crippen LogP contribution in [0, 0.1) is 20.8 Å². The van der Waals surface area contributed by atoms with Gasteiger partial charge in [-0.25, -0.2) is 0 Å². The molecule has 3 heterocycles. The lowest BCUT2D eigenvalue weighted by molar-refractivity contribution is -0.135. The van der Waals surface area contributed by atoms with E-state index in [0.717, 1.165) is 55.1 Å². The molecule has 0 aliphatic carbocycles. The molecule has 2 saturated heterocycles. The molecule has 2 fully saturated rings. The van der Waals surface area contributed by atoms with E-state index < -0.39 is 0 Å². The molecule has 1 unspecified atom stereocenters. The highest BCUT2D eigenvalue weighted by Gasteiger charge is 2.32. The summed E-state index contributed by atoms with van der Waals surface area (Å²) in [4.78, 5) is 29.6. The lowest BCUT2D eigenvalue weighted by Crippen LogP contribution is -2.57. The summed E-state index contributed by atoms with van der Waals surface area (Å²) in [6, 6.07) is 10.5. The summed E-state index contributed by atoms with van der Waals surface area (Å²) in [5, 5.41) is 3.12. The molecular weight excluding hydrogens is 364 g/mol. The van der Waals surface area contributed by atoms with Gasteiger partial charge in [-0.1, -0.05) is 12.1 Å². The number of benzene rings is 1. The van der Waals surface area contributed by atoms with E-state index in [2.05, 4.69) is 35.0 Å². The van der Waals surface area contributed by atoms with Crippen LogP contribution in [0.25, 0.3) is 5.69 Å². The van der Waals surface area contributed by atoms with Crippen molar-refractivity contribution in [3.63, 3.8) is 0 Å². The summed E-state index contributed by atoms with van der Waals surface area (Å²) in [7, 11) is 0. The molecule has 29 heavy (non-hydrogen) atoms. The molecule has 1 atom stereocenters. The van der Waals surface area contributed by atoms with Crippen molar-refractivity contribution in [3.05, 3.63) is 52.8 Å². The first-order chi connectivity index (χ1) is 14.0. The van der Waals surface area contributed by atoms with Crippen LogP contribution >= 0.6 is 0 Å². The molecule has 1 aromatic carbocycles. The highest BCUT2D eigenvalue weighted by Crippen LogP contribution is 2.25. The van der Waals surface area contributed by atoms with Crippen molar-refractivity contribution in [3.8, 4) is 5.69 Å². The summed E-state index contributed by atoms with van der Waals surface area (Å²) in [5.74, 6) is 0.220. The maximum absolute atomic E-state index is 13.4. The Morgan fingerprint density at radius 2 is 1.97 bits per heavy atom. The van der Waals surface area contributed by atoms with Crippen LogP contribution in [0.3, 0.4) is 0 Å². The fourth-order valence-electron chi connectivity index (χ4n) is 4.71. The smallest absolute Gasteiger partial charge is 0.255 e. The first-order valence-electron chi connectivity index (χ1n) is 10.5. The van der Waals surface area contributed by atoms with Gasteiger partial charge in [0, 0.05) is 49.3 Å². The Hall–Kier alpha value is -2.60. The number of piperidine rings is 1. The quantitative estimate of drug-likeness (QED) is 0.870. The van der Waals surface area contributed by atoms with E-state index >= 15 is 0 Å². The first-order valence-corrected chi connectivity index (χ1v) is 10.5. The Bertz CT molecular complexity index is 933. The van der Waals surface area contributed by atoms with E-state index in [1.165, 1.54) is 5.56 Å². The number of nitrogens with one attached hydrogen (secondary N) is 1. The molecule has 154 valence electrons. The van der Waals surface area contributed by atoms with Crippen LogP contribution in [0.1, 0.15) is 40.2 Å². The summed E-state index contributed by atoms with van der Waals surface area (Å²) < 4.78 is 2.15. The minimum Gasteiger partial charge on any atom is -0.337 e. The van der Waals surface area contributed by atoms with Gasteiger partial charge in [-0.05, 0) is 57.4 Å². The maximum Gasteiger partial charge on any atom is 0.255 e. The Balaban J connectivity index is 1.56. The topological polar surface area (TPSA) is 57.6 Å². The van der Waals surface area contributed by atoms with Gasteiger partial charge in [-0.3, -0.25) is 9.59 Å². The molecule has 4 rings (SSSR count). The Morgan fingerprint density at radius 1 is 1.14 bits per heavy atom. The third kappa shape index (κ3) is 3.81. The zero-order valence-corrected chi connectivity index (χ0v) is 17.6. The van der Waals surface area contributed by atoms with E-state index in [9.17, 15) is 9.59 Å². The second-order valence-corrected chi connectivity index (χ2v) is 8.27. The first kappa shape index (κ1) is 19.7. The molecule has 0 saturated carbocycles. The summed E-state index contributed by atoms with van der Waals surface area (Å²) in [5.41, 5.74) is 5.07. The van der Waals surface area contributed by atoms with Gasteiger partial charge in [-0.2, -0.15) is 0 Å². The predicted octanol–water partition coefficient (Wildman–Crippen LogP) is 2.44. The minimum absolute atomic E-state index is 0.0734. The number of carbonyl (C=O) groups is 2. The highest BCUT2D eigenvalue weighted by molar-refractivity contribution is 5.96. The average molecular weight is 395 g/mol. The monoisotopic (exact) mass is 394 g/mol. The van der Waals surface area contributed by atoms with Crippen molar-refractivity contribution < 1.29 is 9.59 Å². The highest BCUT2D eigenvalue weighted by atomic mass is 16.2. The molecule has 6 heteroatoms. The van der Waals surface area contributed by atoms with Crippen molar-refractivity contribution in [2.45, 2.75) is 39.7 Å². The summed E-state index contributed by atoms with van der Waals surface area (Å²) >= 11 is 0.